The van der Waals surface area contributed by atoms with E-state index in [0.717, 1.165) is 19.1 Å². The Morgan fingerprint density at radius 3 is 2.31 bits per heavy atom. The normalized spacial score (nSPS) is 16.8. The summed E-state index contributed by atoms with van der Waals surface area (Å²) in [6, 6.07) is 8.37. The predicted octanol–water partition coefficient (Wildman–Crippen LogP) is 2.85. The fourth-order valence-corrected chi connectivity index (χ4v) is 2.29. The van der Waals surface area contributed by atoms with Crippen molar-refractivity contribution in [2.45, 2.75) is 38.8 Å². The van der Waals surface area contributed by atoms with E-state index in [1.54, 1.807) is 0 Å². The largest absolute Gasteiger partial charge is 0.376 e. The van der Waals surface area contributed by atoms with E-state index in [9.17, 15) is 0 Å². The molecule has 1 aliphatic rings. The molecule has 0 atom stereocenters. The standard InChI is InChI=1S/C14H21NO/c15-9-12-5-7-14(8-6-12)11-16-10-13-3-1-2-4-13/h5-8,13H,1-4,9-11,15H2. The van der Waals surface area contributed by atoms with Crippen LogP contribution in [0.3, 0.4) is 0 Å². The van der Waals surface area contributed by atoms with E-state index < -0.39 is 0 Å². The number of rotatable bonds is 5. The molecule has 0 amide bonds. The molecule has 1 fully saturated rings. The Kier molecular flexibility index (Phi) is 4.37. The molecule has 1 aliphatic carbocycles. The van der Waals surface area contributed by atoms with Gasteiger partial charge in [0.2, 0.25) is 0 Å². The zero-order valence-electron chi connectivity index (χ0n) is 9.82. The van der Waals surface area contributed by atoms with Crippen LogP contribution in [0.25, 0.3) is 0 Å². The topological polar surface area (TPSA) is 35.2 Å². The minimum Gasteiger partial charge on any atom is -0.376 e. The molecule has 1 aromatic carbocycles. The molecule has 0 radical (unpaired) electrons. The summed E-state index contributed by atoms with van der Waals surface area (Å²) in [6.45, 7) is 2.28. The van der Waals surface area contributed by atoms with E-state index in [1.165, 1.54) is 36.8 Å². The van der Waals surface area contributed by atoms with E-state index in [2.05, 4.69) is 24.3 Å². The van der Waals surface area contributed by atoms with Crippen LogP contribution in [-0.2, 0) is 17.9 Å². The van der Waals surface area contributed by atoms with Gasteiger partial charge < -0.3 is 10.5 Å². The third-order valence-electron chi connectivity index (χ3n) is 3.36. The van der Waals surface area contributed by atoms with Crippen LogP contribution in [0.2, 0.25) is 0 Å². The first-order valence-electron chi connectivity index (χ1n) is 6.24. The van der Waals surface area contributed by atoms with E-state index in [4.69, 9.17) is 10.5 Å². The van der Waals surface area contributed by atoms with Crippen LogP contribution >= 0.6 is 0 Å². The van der Waals surface area contributed by atoms with Gasteiger partial charge in [-0.3, -0.25) is 0 Å². The van der Waals surface area contributed by atoms with Crippen molar-refractivity contribution in [3.05, 3.63) is 35.4 Å². The highest BCUT2D eigenvalue weighted by Crippen LogP contribution is 2.24. The van der Waals surface area contributed by atoms with Crippen molar-refractivity contribution in [2.24, 2.45) is 11.7 Å². The maximum atomic E-state index is 5.75. The lowest BCUT2D eigenvalue weighted by Gasteiger charge is -2.10. The van der Waals surface area contributed by atoms with Crippen LogP contribution < -0.4 is 5.73 Å². The van der Waals surface area contributed by atoms with Crippen LogP contribution in [0.5, 0.6) is 0 Å². The fourth-order valence-electron chi connectivity index (χ4n) is 2.29. The molecule has 1 saturated carbocycles. The second-order valence-corrected chi connectivity index (χ2v) is 4.69. The molecule has 0 heterocycles. The molecule has 2 N–H and O–H groups in total. The number of benzene rings is 1. The number of nitrogens with two attached hydrogens (primary N) is 1. The van der Waals surface area contributed by atoms with Gasteiger partial charge in [0.1, 0.15) is 0 Å². The summed E-state index contributed by atoms with van der Waals surface area (Å²) >= 11 is 0. The van der Waals surface area contributed by atoms with Gasteiger partial charge in [-0.15, -0.1) is 0 Å². The van der Waals surface area contributed by atoms with Crippen molar-refractivity contribution >= 4 is 0 Å². The Labute approximate surface area is 97.8 Å². The van der Waals surface area contributed by atoms with Gasteiger partial charge in [0.15, 0.2) is 0 Å². The molecule has 88 valence electrons. The zero-order valence-corrected chi connectivity index (χ0v) is 9.82. The summed E-state index contributed by atoms with van der Waals surface area (Å²) in [5.74, 6) is 0.809. The first-order valence-corrected chi connectivity index (χ1v) is 6.24. The molecule has 0 bridgehead atoms. The molecule has 0 saturated heterocycles. The van der Waals surface area contributed by atoms with Crippen LogP contribution in [-0.4, -0.2) is 6.61 Å². The Morgan fingerprint density at radius 2 is 1.69 bits per heavy atom. The third-order valence-corrected chi connectivity index (χ3v) is 3.36. The maximum Gasteiger partial charge on any atom is 0.0717 e. The molecule has 0 aliphatic heterocycles. The molecule has 0 aromatic heterocycles. The first-order chi connectivity index (χ1) is 7.88. The smallest absolute Gasteiger partial charge is 0.0717 e. The average Bonchev–Trinajstić information content (AvgIpc) is 2.83. The van der Waals surface area contributed by atoms with Crippen molar-refractivity contribution in [1.29, 1.82) is 0 Å². The van der Waals surface area contributed by atoms with Crippen LogP contribution in [0.1, 0.15) is 36.8 Å². The molecule has 2 rings (SSSR count). The van der Waals surface area contributed by atoms with Gasteiger partial charge in [-0.2, -0.15) is 0 Å². The summed E-state index contributed by atoms with van der Waals surface area (Å²) in [6.07, 6.45) is 5.48. The van der Waals surface area contributed by atoms with Gasteiger partial charge in [-0.05, 0) is 29.9 Å². The van der Waals surface area contributed by atoms with Gasteiger partial charge in [0.05, 0.1) is 6.61 Å². The Morgan fingerprint density at radius 1 is 1.06 bits per heavy atom. The van der Waals surface area contributed by atoms with Crippen molar-refractivity contribution in [2.75, 3.05) is 6.61 Å². The van der Waals surface area contributed by atoms with Gasteiger partial charge in [-0.1, -0.05) is 37.1 Å². The summed E-state index contributed by atoms with van der Waals surface area (Å²) in [5.41, 5.74) is 7.98. The first kappa shape index (κ1) is 11.6. The molecular formula is C14H21NO. The molecule has 1 aromatic rings. The summed E-state index contributed by atoms with van der Waals surface area (Å²) in [5, 5.41) is 0. The fraction of sp³-hybridized carbons (Fsp3) is 0.571. The highest BCUT2D eigenvalue weighted by Gasteiger charge is 2.14. The Balaban J connectivity index is 1.71. The average molecular weight is 219 g/mol. The van der Waals surface area contributed by atoms with Gasteiger partial charge in [0, 0.05) is 13.2 Å². The number of ether oxygens (including phenoxy) is 1. The third kappa shape index (κ3) is 3.32. The van der Waals surface area contributed by atoms with E-state index >= 15 is 0 Å². The zero-order chi connectivity index (χ0) is 11.2. The molecular weight excluding hydrogens is 198 g/mol. The number of hydrogen-bond acceptors (Lipinski definition) is 2. The van der Waals surface area contributed by atoms with Crippen LogP contribution in [0.4, 0.5) is 0 Å². The minimum absolute atomic E-state index is 0.614. The molecule has 2 heteroatoms. The van der Waals surface area contributed by atoms with Crippen molar-refractivity contribution in [3.8, 4) is 0 Å². The lowest BCUT2D eigenvalue weighted by molar-refractivity contribution is 0.0889. The second kappa shape index (κ2) is 6.02. The molecule has 16 heavy (non-hydrogen) atoms. The highest BCUT2D eigenvalue weighted by molar-refractivity contribution is 5.21. The highest BCUT2D eigenvalue weighted by atomic mass is 16.5. The SMILES string of the molecule is NCc1ccc(COCC2CCCC2)cc1. The quantitative estimate of drug-likeness (QED) is 0.826. The van der Waals surface area contributed by atoms with Crippen molar-refractivity contribution < 1.29 is 4.74 Å². The molecule has 0 unspecified atom stereocenters. The summed E-state index contributed by atoms with van der Waals surface area (Å²) < 4.78 is 5.75. The van der Waals surface area contributed by atoms with Crippen LogP contribution in [0, 0.1) is 5.92 Å². The van der Waals surface area contributed by atoms with Gasteiger partial charge in [-0.25, -0.2) is 0 Å². The second-order valence-electron chi connectivity index (χ2n) is 4.69. The number of hydrogen-bond donors (Lipinski definition) is 1. The summed E-state index contributed by atoms with van der Waals surface area (Å²) in [7, 11) is 0. The summed E-state index contributed by atoms with van der Waals surface area (Å²) in [4.78, 5) is 0. The van der Waals surface area contributed by atoms with Gasteiger partial charge in [0.25, 0.3) is 0 Å². The maximum absolute atomic E-state index is 5.75. The van der Waals surface area contributed by atoms with Crippen LogP contribution in [0.15, 0.2) is 24.3 Å². The van der Waals surface area contributed by atoms with E-state index in [0.29, 0.717) is 6.54 Å². The monoisotopic (exact) mass is 219 g/mol. The van der Waals surface area contributed by atoms with E-state index in [1.807, 2.05) is 0 Å². The van der Waals surface area contributed by atoms with E-state index in [-0.39, 0.29) is 0 Å². The minimum atomic E-state index is 0.614. The van der Waals surface area contributed by atoms with Crippen molar-refractivity contribution in [3.63, 3.8) is 0 Å². The lowest BCUT2D eigenvalue weighted by Crippen LogP contribution is -2.05. The molecule has 0 spiro atoms. The predicted molar refractivity (Wildman–Crippen MR) is 65.9 cm³/mol. The van der Waals surface area contributed by atoms with Crippen molar-refractivity contribution in [1.82, 2.24) is 0 Å². The Bertz CT molecular complexity index is 301. The van der Waals surface area contributed by atoms with Gasteiger partial charge >= 0.3 is 0 Å². The lowest BCUT2D eigenvalue weighted by atomic mass is 10.1. The Hall–Kier alpha value is -0.860. The molecule has 2 nitrogen and oxygen atoms in total.